The molecule has 0 unspecified atom stereocenters. The number of nitro benzene ring substituents is 1. The Morgan fingerprint density at radius 2 is 2.29 bits per heavy atom. The highest BCUT2D eigenvalue weighted by Crippen LogP contribution is 2.33. The summed E-state index contributed by atoms with van der Waals surface area (Å²) in [5, 5.41) is 19.8. The molecule has 0 aliphatic carbocycles. The highest BCUT2D eigenvalue weighted by molar-refractivity contribution is 6.30. The number of aliphatic hydroxyl groups excluding tert-OH is 1. The fourth-order valence-electron chi connectivity index (χ4n) is 1.11. The van der Waals surface area contributed by atoms with Crippen LogP contribution in [0, 0.1) is 10.1 Å². The monoisotopic (exact) mass is 217 g/mol. The number of benzene rings is 1. The number of rotatable bonds is 3. The van der Waals surface area contributed by atoms with Gasteiger partial charge in [-0.15, -0.1) is 0 Å². The maximum Gasteiger partial charge on any atom is 0.316 e. The van der Waals surface area contributed by atoms with Gasteiger partial charge in [0.1, 0.15) is 0 Å². The zero-order valence-corrected chi connectivity index (χ0v) is 8.11. The van der Waals surface area contributed by atoms with Crippen LogP contribution in [0.1, 0.15) is 5.56 Å². The molecule has 0 radical (unpaired) electrons. The zero-order chi connectivity index (χ0) is 10.7. The van der Waals surface area contributed by atoms with Gasteiger partial charge in [-0.3, -0.25) is 10.1 Å². The molecule has 0 saturated heterocycles. The lowest BCUT2D eigenvalue weighted by molar-refractivity contribution is -0.386. The molecule has 0 aliphatic rings. The highest BCUT2D eigenvalue weighted by Gasteiger charge is 2.21. The molecule has 0 saturated carbocycles. The van der Waals surface area contributed by atoms with E-state index in [9.17, 15) is 10.1 Å². The van der Waals surface area contributed by atoms with Crippen LogP contribution < -0.4 is 4.74 Å². The van der Waals surface area contributed by atoms with Crippen LogP contribution in [0.25, 0.3) is 0 Å². The maximum absolute atomic E-state index is 10.6. The van der Waals surface area contributed by atoms with Crippen molar-refractivity contribution in [2.24, 2.45) is 0 Å². The molecule has 1 aromatic rings. The van der Waals surface area contributed by atoms with Gasteiger partial charge in [0.05, 0.1) is 24.2 Å². The molecule has 0 bridgehead atoms. The predicted octanol–water partition coefficient (Wildman–Crippen LogP) is 1.75. The molecule has 5 nitrogen and oxygen atoms in total. The van der Waals surface area contributed by atoms with Crippen molar-refractivity contribution in [3.63, 3.8) is 0 Å². The second-order valence-electron chi connectivity index (χ2n) is 2.53. The van der Waals surface area contributed by atoms with Crippen molar-refractivity contribution in [1.82, 2.24) is 0 Å². The first-order valence-corrected chi connectivity index (χ1v) is 4.09. The Bertz CT molecular complexity index is 341. The van der Waals surface area contributed by atoms with Crippen molar-refractivity contribution >= 4 is 17.3 Å². The Balaban J connectivity index is 3.40. The molecule has 0 heterocycles. The maximum atomic E-state index is 10.6. The van der Waals surface area contributed by atoms with Gasteiger partial charge < -0.3 is 9.84 Å². The predicted molar refractivity (Wildman–Crippen MR) is 50.6 cm³/mol. The molecule has 0 atom stereocenters. The first-order chi connectivity index (χ1) is 6.60. The Labute approximate surface area is 85.0 Å². The molecule has 0 aromatic heterocycles. The van der Waals surface area contributed by atoms with Gasteiger partial charge in [-0.1, -0.05) is 11.6 Å². The molecular weight excluding hydrogens is 210 g/mol. The number of halogens is 1. The summed E-state index contributed by atoms with van der Waals surface area (Å²) >= 11 is 5.67. The topological polar surface area (TPSA) is 72.6 Å². The first kappa shape index (κ1) is 10.7. The summed E-state index contributed by atoms with van der Waals surface area (Å²) in [6.07, 6.45) is 0. The van der Waals surface area contributed by atoms with Crippen molar-refractivity contribution in [2.75, 3.05) is 7.11 Å². The largest absolute Gasteiger partial charge is 0.490 e. The van der Waals surface area contributed by atoms with E-state index in [2.05, 4.69) is 0 Å². The number of hydrogen-bond acceptors (Lipinski definition) is 4. The Hall–Kier alpha value is -1.33. The molecule has 1 N–H and O–H groups in total. The molecule has 76 valence electrons. The minimum atomic E-state index is -0.610. The molecular formula is C8H8ClNO4. The Morgan fingerprint density at radius 3 is 2.71 bits per heavy atom. The quantitative estimate of drug-likeness (QED) is 0.618. The second kappa shape index (κ2) is 4.26. The van der Waals surface area contributed by atoms with Crippen LogP contribution in [0.2, 0.25) is 5.02 Å². The third-order valence-corrected chi connectivity index (χ3v) is 1.91. The van der Waals surface area contributed by atoms with Crippen molar-refractivity contribution in [1.29, 1.82) is 0 Å². The van der Waals surface area contributed by atoms with E-state index in [0.717, 1.165) is 0 Å². The molecule has 1 aromatic carbocycles. The molecule has 6 heteroatoms. The third kappa shape index (κ3) is 1.94. The first-order valence-electron chi connectivity index (χ1n) is 3.71. The second-order valence-corrected chi connectivity index (χ2v) is 2.97. The van der Waals surface area contributed by atoms with E-state index in [1.54, 1.807) is 0 Å². The summed E-state index contributed by atoms with van der Waals surface area (Å²) in [6.45, 7) is -0.451. The standard InChI is InChI=1S/C8H8ClNO4/c1-14-7-3-6(9)2-5(4-11)8(7)10(12)13/h2-3,11H,4H2,1H3. The van der Waals surface area contributed by atoms with E-state index in [0.29, 0.717) is 0 Å². The van der Waals surface area contributed by atoms with Crippen molar-refractivity contribution in [2.45, 2.75) is 6.61 Å². The molecule has 0 spiro atoms. The van der Waals surface area contributed by atoms with Gasteiger partial charge in [0.25, 0.3) is 0 Å². The lowest BCUT2D eigenvalue weighted by Gasteiger charge is -2.05. The van der Waals surface area contributed by atoms with E-state index in [1.807, 2.05) is 0 Å². The average molecular weight is 218 g/mol. The molecule has 14 heavy (non-hydrogen) atoms. The van der Waals surface area contributed by atoms with Gasteiger partial charge in [0, 0.05) is 11.1 Å². The van der Waals surface area contributed by atoms with Gasteiger partial charge in [-0.2, -0.15) is 0 Å². The lowest BCUT2D eigenvalue weighted by Crippen LogP contribution is -1.99. The summed E-state index contributed by atoms with van der Waals surface area (Å²) < 4.78 is 4.79. The smallest absolute Gasteiger partial charge is 0.316 e. The fourth-order valence-corrected chi connectivity index (χ4v) is 1.34. The van der Waals surface area contributed by atoms with Gasteiger partial charge in [-0.05, 0) is 6.07 Å². The van der Waals surface area contributed by atoms with Crippen molar-refractivity contribution in [3.8, 4) is 5.75 Å². The number of methoxy groups -OCH3 is 1. The summed E-state index contributed by atoms with van der Waals surface area (Å²) in [5.74, 6) is 0.0477. The van der Waals surface area contributed by atoms with Crippen LogP contribution >= 0.6 is 11.6 Å². The van der Waals surface area contributed by atoms with E-state index in [4.69, 9.17) is 21.4 Å². The number of aliphatic hydroxyl groups is 1. The van der Waals surface area contributed by atoms with Crippen molar-refractivity contribution in [3.05, 3.63) is 32.8 Å². The summed E-state index contributed by atoms with van der Waals surface area (Å²) in [6, 6.07) is 2.67. The van der Waals surface area contributed by atoms with Crippen LogP contribution in [-0.2, 0) is 6.61 Å². The molecule has 0 fully saturated rings. The van der Waals surface area contributed by atoms with Crippen LogP contribution in [0.15, 0.2) is 12.1 Å². The Morgan fingerprint density at radius 1 is 1.64 bits per heavy atom. The Kier molecular flexibility index (Phi) is 3.27. The highest BCUT2D eigenvalue weighted by atomic mass is 35.5. The fraction of sp³-hybridized carbons (Fsp3) is 0.250. The number of ether oxygens (including phenoxy) is 1. The minimum absolute atomic E-state index is 0.0477. The van der Waals surface area contributed by atoms with Crippen LogP contribution in [0.3, 0.4) is 0 Å². The SMILES string of the molecule is COc1cc(Cl)cc(CO)c1[N+](=O)[O-]. The van der Waals surface area contributed by atoms with Gasteiger partial charge in [0.2, 0.25) is 0 Å². The molecule has 0 amide bonds. The van der Waals surface area contributed by atoms with Gasteiger partial charge in [-0.25, -0.2) is 0 Å². The summed E-state index contributed by atoms with van der Waals surface area (Å²) in [4.78, 5) is 10.0. The van der Waals surface area contributed by atoms with E-state index in [-0.39, 0.29) is 22.0 Å². The average Bonchev–Trinajstić information content (AvgIpc) is 2.15. The van der Waals surface area contributed by atoms with E-state index >= 15 is 0 Å². The summed E-state index contributed by atoms with van der Waals surface area (Å²) in [5.41, 5.74) is -0.112. The lowest BCUT2D eigenvalue weighted by atomic mass is 10.2. The normalized spacial score (nSPS) is 9.93. The van der Waals surface area contributed by atoms with Crippen LogP contribution in [0.4, 0.5) is 5.69 Å². The van der Waals surface area contributed by atoms with Crippen LogP contribution in [-0.4, -0.2) is 17.1 Å². The number of nitro groups is 1. The van der Waals surface area contributed by atoms with Crippen LogP contribution in [0.5, 0.6) is 5.75 Å². The molecule has 0 aliphatic heterocycles. The summed E-state index contributed by atoms with van der Waals surface area (Å²) in [7, 11) is 1.31. The van der Waals surface area contributed by atoms with Crippen molar-refractivity contribution < 1.29 is 14.8 Å². The number of hydrogen-bond donors (Lipinski definition) is 1. The zero-order valence-electron chi connectivity index (χ0n) is 7.36. The molecule has 1 rings (SSSR count). The number of nitrogens with zero attached hydrogens (tertiary/aromatic N) is 1. The minimum Gasteiger partial charge on any atom is -0.490 e. The van der Waals surface area contributed by atoms with Gasteiger partial charge in [0.15, 0.2) is 5.75 Å². The van der Waals surface area contributed by atoms with E-state index < -0.39 is 11.5 Å². The third-order valence-electron chi connectivity index (χ3n) is 1.69. The van der Waals surface area contributed by atoms with Gasteiger partial charge >= 0.3 is 5.69 Å². The van der Waals surface area contributed by atoms with E-state index in [1.165, 1.54) is 19.2 Å².